The Balaban J connectivity index is 1.45. The number of aromatic nitrogens is 2. The van der Waals surface area contributed by atoms with Gasteiger partial charge in [0.1, 0.15) is 17.0 Å². The molecular formula is C19H27N5OS. The molecule has 1 saturated heterocycles. The molecule has 1 amide bonds. The summed E-state index contributed by atoms with van der Waals surface area (Å²) in [5.74, 6) is 1.55. The predicted molar refractivity (Wildman–Crippen MR) is 106 cm³/mol. The van der Waals surface area contributed by atoms with Gasteiger partial charge in [-0.3, -0.25) is 4.79 Å². The van der Waals surface area contributed by atoms with Gasteiger partial charge in [0.05, 0.1) is 10.3 Å². The summed E-state index contributed by atoms with van der Waals surface area (Å²) in [6.45, 7) is 7.09. The number of nitrogens with zero attached hydrogens (tertiary/aromatic N) is 3. The average molecular weight is 374 g/mol. The first-order valence-corrected chi connectivity index (χ1v) is 10.5. The Morgan fingerprint density at radius 1 is 1.27 bits per heavy atom. The lowest BCUT2D eigenvalue weighted by atomic mass is 10.1. The van der Waals surface area contributed by atoms with Crippen LogP contribution in [0.5, 0.6) is 0 Å². The maximum atomic E-state index is 12.5. The molecular weight excluding hydrogens is 346 g/mol. The Bertz CT molecular complexity index is 780. The number of likely N-dealkylation sites (tertiary alicyclic amines) is 1. The van der Waals surface area contributed by atoms with Crippen molar-refractivity contribution in [1.82, 2.24) is 20.2 Å². The lowest BCUT2D eigenvalue weighted by molar-refractivity contribution is 0.0955. The number of fused-ring (bicyclic) bond motifs is 1. The summed E-state index contributed by atoms with van der Waals surface area (Å²) in [6.07, 6.45) is 8.04. The zero-order chi connectivity index (χ0) is 17.9. The van der Waals surface area contributed by atoms with Crippen molar-refractivity contribution in [3.05, 3.63) is 16.8 Å². The Hall–Kier alpha value is -1.73. The molecule has 2 aromatic rings. The lowest BCUT2D eigenvalue weighted by Gasteiger charge is -2.26. The first kappa shape index (κ1) is 17.7. The van der Waals surface area contributed by atoms with Crippen LogP contribution in [0.3, 0.4) is 0 Å². The monoisotopic (exact) mass is 373 g/mol. The predicted octanol–water partition coefficient (Wildman–Crippen LogP) is 3.04. The average Bonchev–Trinajstić information content (AvgIpc) is 3.43. The summed E-state index contributed by atoms with van der Waals surface area (Å²) in [5.41, 5.74) is 0.986. The SMILES string of the molecule is Cc1c(C(=O)NCC2CC2)sc2ncnc(NCCN3CCCCC3)c12. The fourth-order valence-electron chi connectivity index (χ4n) is 3.58. The molecule has 0 radical (unpaired) electrons. The van der Waals surface area contributed by atoms with Gasteiger partial charge in [0.25, 0.3) is 5.91 Å². The van der Waals surface area contributed by atoms with Crippen LogP contribution >= 0.6 is 11.3 Å². The number of nitrogens with one attached hydrogen (secondary N) is 2. The highest BCUT2D eigenvalue weighted by Gasteiger charge is 2.24. The van der Waals surface area contributed by atoms with Gasteiger partial charge in [0, 0.05) is 19.6 Å². The van der Waals surface area contributed by atoms with E-state index in [9.17, 15) is 4.79 Å². The summed E-state index contributed by atoms with van der Waals surface area (Å²) in [7, 11) is 0. The standard InChI is InChI=1S/C19H27N5OS/c1-13-15-17(20-7-10-24-8-3-2-4-9-24)22-12-23-19(15)26-16(13)18(25)21-11-14-5-6-14/h12,14H,2-11H2,1H3,(H,21,25)(H,20,22,23). The van der Waals surface area contributed by atoms with Gasteiger partial charge in [-0.05, 0) is 57.2 Å². The molecule has 0 unspecified atom stereocenters. The van der Waals surface area contributed by atoms with E-state index in [1.165, 1.54) is 56.5 Å². The van der Waals surface area contributed by atoms with Crippen LogP contribution in [0.2, 0.25) is 0 Å². The molecule has 0 spiro atoms. The molecule has 2 aliphatic rings. The zero-order valence-electron chi connectivity index (χ0n) is 15.4. The number of thiophene rings is 1. The molecule has 1 aliphatic carbocycles. The van der Waals surface area contributed by atoms with Crippen LogP contribution in [0.15, 0.2) is 6.33 Å². The summed E-state index contributed by atoms with van der Waals surface area (Å²) < 4.78 is 0. The van der Waals surface area contributed by atoms with Crippen molar-refractivity contribution in [1.29, 1.82) is 0 Å². The second-order valence-electron chi connectivity index (χ2n) is 7.44. The zero-order valence-corrected chi connectivity index (χ0v) is 16.2. The molecule has 26 heavy (non-hydrogen) atoms. The first-order valence-electron chi connectivity index (χ1n) is 9.71. The minimum absolute atomic E-state index is 0.0247. The highest BCUT2D eigenvalue weighted by molar-refractivity contribution is 7.20. The third-order valence-corrected chi connectivity index (χ3v) is 6.55. The number of amides is 1. The fraction of sp³-hybridized carbons (Fsp3) is 0.632. The number of carbonyl (C=O) groups excluding carboxylic acids is 1. The Morgan fingerprint density at radius 2 is 2.08 bits per heavy atom. The molecule has 0 aromatic carbocycles. The van der Waals surface area contributed by atoms with E-state index in [-0.39, 0.29) is 5.91 Å². The number of aryl methyl sites for hydroxylation is 1. The summed E-state index contributed by atoms with van der Waals surface area (Å²) >= 11 is 1.47. The molecule has 2 fully saturated rings. The van der Waals surface area contributed by atoms with Crippen molar-refractivity contribution in [3.63, 3.8) is 0 Å². The number of carbonyl (C=O) groups is 1. The van der Waals surface area contributed by atoms with Gasteiger partial charge in [-0.15, -0.1) is 11.3 Å². The summed E-state index contributed by atoms with van der Waals surface area (Å²) in [6, 6.07) is 0. The van der Waals surface area contributed by atoms with Crippen molar-refractivity contribution in [3.8, 4) is 0 Å². The summed E-state index contributed by atoms with van der Waals surface area (Å²) in [4.78, 5) is 25.5. The molecule has 0 atom stereocenters. The van der Waals surface area contributed by atoms with E-state index in [4.69, 9.17) is 0 Å². The van der Waals surface area contributed by atoms with Crippen molar-refractivity contribution in [2.24, 2.45) is 5.92 Å². The van der Waals surface area contributed by atoms with Crippen molar-refractivity contribution >= 4 is 33.3 Å². The van der Waals surface area contributed by atoms with Crippen LogP contribution < -0.4 is 10.6 Å². The third-order valence-electron chi connectivity index (χ3n) is 5.35. The maximum absolute atomic E-state index is 12.5. The molecule has 3 heterocycles. The minimum atomic E-state index is 0.0247. The molecule has 2 aromatic heterocycles. The molecule has 0 bridgehead atoms. The third kappa shape index (κ3) is 3.99. The quantitative estimate of drug-likeness (QED) is 0.781. The van der Waals surface area contributed by atoms with Gasteiger partial charge in [0.15, 0.2) is 0 Å². The van der Waals surface area contributed by atoms with Gasteiger partial charge in [0.2, 0.25) is 0 Å². The molecule has 140 valence electrons. The van der Waals surface area contributed by atoms with Crippen molar-refractivity contribution in [2.45, 2.75) is 39.0 Å². The van der Waals surface area contributed by atoms with Crippen LogP contribution in [-0.2, 0) is 0 Å². The molecule has 7 heteroatoms. The van der Waals surface area contributed by atoms with E-state index in [2.05, 4.69) is 25.5 Å². The number of piperidine rings is 1. The Labute approximate surface area is 158 Å². The molecule has 4 rings (SSSR count). The number of rotatable bonds is 7. The van der Waals surface area contributed by atoms with Crippen LogP contribution in [0, 0.1) is 12.8 Å². The normalized spacial score (nSPS) is 18.2. The second-order valence-corrected chi connectivity index (χ2v) is 8.44. The fourth-order valence-corrected chi connectivity index (χ4v) is 4.64. The van der Waals surface area contributed by atoms with Crippen LogP contribution in [0.4, 0.5) is 5.82 Å². The van der Waals surface area contributed by atoms with Gasteiger partial charge in [-0.1, -0.05) is 6.42 Å². The van der Waals surface area contributed by atoms with Gasteiger partial charge < -0.3 is 15.5 Å². The highest BCUT2D eigenvalue weighted by Crippen LogP contribution is 2.33. The number of anilines is 1. The number of hydrogen-bond acceptors (Lipinski definition) is 6. The van der Waals surface area contributed by atoms with Gasteiger partial charge in [-0.25, -0.2) is 9.97 Å². The van der Waals surface area contributed by atoms with Crippen LogP contribution in [0.25, 0.3) is 10.2 Å². The first-order chi connectivity index (χ1) is 12.7. The molecule has 2 N–H and O–H groups in total. The van der Waals surface area contributed by atoms with E-state index in [1.54, 1.807) is 6.33 Å². The Kier molecular flexibility index (Phi) is 5.36. The van der Waals surface area contributed by atoms with E-state index in [0.717, 1.165) is 46.1 Å². The smallest absolute Gasteiger partial charge is 0.261 e. The highest BCUT2D eigenvalue weighted by atomic mass is 32.1. The van der Waals surface area contributed by atoms with Gasteiger partial charge in [-0.2, -0.15) is 0 Å². The van der Waals surface area contributed by atoms with Gasteiger partial charge >= 0.3 is 0 Å². The van der Waals surface area contributed by atoms with Crippen LogP contribution in [0.1, 0.15) is 47.3 Å². The molecule has 6 nitrogen and oxygen atoms in total. The van der Waals surface area contributed by atoms with E-state index in [0.29, 0.717) is 5.92 Å². The van der Waals surface area contributed by atoms with Crippen molar-refractivity contribution in [2.75, 3.05) is 38.0 Å². The lowest BCUT2D eigenvalue weighted by Crippen LogP contribution is -2.33. The number of hydrogen-bond donors (Lipinski definition) is 2. The summed E-state index contributed by atoms with van der Waals surface area (Å²) in [5, 5.41) is 7.53. The second kappa shape index (κ2) is 7.88. The van der Waals surface area contributed by atoms with E-state index >= 15 is 0 Å². The topological polar surface area (TPSA) is 70.1 Å². The largest absolute Gasteiger partial charge is 0.368 e. The Morgan fingerprint density at radius 3 is 2.85 bits per heavy atom. The van der Waals surface area contributed by atoms with Crippen molar-refractivity contribution < 1.29 is 4.79 Å². The van der Waals surface area contributed by atoms with Crippen LogP contribution in [-0.4, -0.2) is 53.5 Å². The van der Waals surface area contributed by atoms with E-state index < -0.39 is 0 Å². The maximum Gasteiger partial charge on any atom is 0.261 e. The van der Waals surface area contributed by atoms with E-state index in [1.807, 2.05) is 6.92 Å². The molecule has 1 aliphatic heterocycles. The minimum Gasteiger partial charge on any atom is -0.368 e. The molecule has 1 saturated carbocycles.